The number of hydrogen-bond acceptors (Lipinski definition) is 2. The molecule has 2 unspecified atom stereocenters. The maximum Gasteiger partial charge on any atom is 0.325 e. The SMILES string of the molecule is [B]C1CCC(CCP(=O)(O)O)N1. The van der Waals surface area contributed by atoms with Gasteiger partial charge < -0.3 is 15.1 Å². The van der Waals surface area contributed by atoms with E-state index >= 15 is 0 Å². The summed E-state index contributed by atoms with van der Waals surface area (Å²) in [6.45, 7) is 0. The van der Waals surface area contributed by atoms with E-state index in [9.17, 15) is 4.57 Å². The van der Waals surface area contributed by atoms with Crippen LogP contribution in [0.1, 0.15) is 19.3 Å². The van der Waals surface area contributed by atoms with Gasteiger partial charge >= 0.3 is 7.60 Å². The van der Waals surface area contributed by atoms with Gasteiger partial charge in [0.2, 0.25) is 0 Å². The van der Waals surface area contributed by atoms with E-state index in [2.05, 4.69) is 5.32 Å². The lowest BCUT2D eigenvalue weighted by Crippen LogP contribution is -2.29. The average molecular weight is 189 g/mol. The summed E-state index contributed by atoms with van der Waals surface area (Å²) in [5.41, 5.74) is 0. The Labute approximate surface area is 73.3 Å². The first-order valence-electron chi connectivity index (χ1n) is 4.03. The van der Waals surface area contributed by atoms with Gasteiger partial charge in [0, 0.05) is 6.04 Å². The summed E-state index contributed by atoms with van der Waals surface area (Å²) in [5, 5.41) is 3.06. The average Bonchev–Trinajstić information content (AvgIpc) is 2.30. The molecule has 0 bridgehead atoms. The Morgan fingerprint density at radius 3 is 2.58 bits per heavy atom. The highest BCUT2D eigenvalue weighted by Gasteiger charge is 2.22. The molecule has 0 aliphatic carbocycles. The van der Waals surface area contributed by atoms with E-state index in [1.807, 2.05) is 0 Å². The molecule has 3 N–H and O–H groups in total. The van der Waals surface area contributed by atoms with Crippen molar-refractivity contribution in [1.29, 1.82) is 0 Å². The van der Waals surface area contributed by atoms with Crippen LogP contribution in [0.15, 0.2) is 0 Å². The summed E-state index contributed by atoms with van der Waals surface area (Å²) in [6, 6.07) is 0.188. The second kappa shape index (κ2) is 3.92. The van der Waals surface area contributed by atoms with Crippen molar-refractivity contribution < 1.29 is 14.4 Å². The molecule has 0 aromatic heterocycles. The Hall–Kier alpha value is 0.175. The Bertz CT molecular complexity index is 195. The molecule has 6 heteroatoms. The molecule has 4 nitrogen and oxygen atoms in total. The van der Waals surface area contributed by atoms with Crippen molar-refractivity contribution in [3.05, 3.63) is 0 Å². The molecular weight excluding hydrogens is 176 g/mol. The first kappa shape index (κ1) is 10.3. The van der Waals surface area contributed by atoms with Gasteiger partial charge in [-0.1, -0.05) is 0 Å². The van der Waals surface area contributed by atoms with Crippen LogP contribution in [0.4, 0.5) is 0 Å². The van der Waals surface area contributed by atoms with Crippen molar-refractivity contribution >= 4 is 15.4 Å². The first-order chi connectivity index (χ1) is 5.47. The minimum Gasteiger partial charge on any atom is -0.324 e. The van der Waals surface area contributed by atoms with Gasteiger partial charge in [-0.05, 0) is 25.2 Å². The topological polar surface area (TPSA) is 69.6 Å². The zero-order chi connectivity index (χ0) is 9.19. The summed E-state index contributed by atoms with van der Waals surface area (Å²) in [5.74, 6) is 0.00627. The van der Waals surface area contributed by atoms with Gasteiger partial charge in [0.15, 0.2) is 0 Å². The molecule has 1 fully saturated rings. The molecule has 0 amide bonds. The minimum absolute atomic E-state index is 0.00627. The predicted octanol–water partition coefficient (Wildman–Crippen LogP) is -0.199. The molecule has 1 aliphatic heterocycles. The Balaban J connectivity index is 2.21. The number of nitrogens with one attached hydrogen (secondary N) is 1. The van der Waals surface area contributed by atoms with Crippen molar-refractivity contribution in [2.24, 2.45) is 0 Å². The third-order valence-corrected chi connectivity index (χ3v) is 2.89. The van der Waals surface area contributed by atoms with Crippen LogP contribution in [0.2, 0.25) is 0 Å². The Morgan fingerprint density at radius 1 is 1.50 bits per heavy atom. The maximum atomic E-state index is 10.5. The fourth-order valence-corrected chi connectivity index (χ4v) is 2.05. The standard InChI is InChI=1S/C6H13BNO3P/c7-6-2-1-5(8-6)3-4-12(9,10)11/h5-6,8H,1-4H2,(H2,9,10,11). The first-order valence-corrected chi connectivity index (χ1v) is 5.83. The molecule has 0 saturated carbocycles. The lowest BCUT2D eigenvalue weighted by atomic mass is 9.95. The molecule has 0 aromatic carbocycles. The van der Waals surface area contributed by atoms with Gasteiger partial charge in [0.25, 0.3) is 0 Å². The van der Waals surface area contributed by atoms with Gasteiger partial charge in [-0.2, -0.15) is 0 Å². The van der Waals surface area contributed by atoms with Crippen LogP contribution in [0.5, 0.6) is 0 Å². The van der Waals surface area contributed by atoms with Gasteiger partial charge in [-0.3, -0.25) is 4.57 Å². The summed E-state index contributed by atoms with van der Waals surface area (Å²) in [6.07, 6.45) is 2.28. The van der Waals surface area contributed by atoms with E-state index in [1.54, 1.807) is 0 Å². The van der Waals surface area contributed by atoms with E-state index in [0.717, 1.165) is 12.8 Å². The smallest absolute Gasteiger partial charge is 0.324 e. The van der Waals surface area contributed by atoms with Crippen LogP contribution in [0.3, 0.4) is 0 Å². The third kappa shape index (κ3) is 3.72. The van der Waals surface area contributed by atoms with Gasteiger partial charge in [-0.15, -0.1) is 0 Å². The second-order valence-corrected chi connectivity index (χ2v) is 5.00. The second-order valence-electron chi connectivity index (χ2n) is 3.22. The molecule has 1 rings (SSSR count). The maximum absolute atomic E-state index is 10.5. The number of rotatable bonds is 3. The minimum atomic E-state index is -3.82. The molecule has 1 saturated heterocycles. The Kier molecular flexibility index (Phi) is 3.35. The summed E-state index contributed by atoms with van der Waals surface area (Å²) in [4.78, 5) is 17.2. The molecular formula is C6H13BNO3P. The highest BCUT2D eigenvalue weighted by atomic mass is 31.2. The molecule has 0 aromatic rings. The van der Waals surface area contributed by atoms with Crippen LogP contribution in [-0.2, 0) is 4.57 Å². The monoisotopic (exact) mass is 189 g/mol. The fourth-order valence-electron chi connectivity index (χ4n) is 1.40. The summed E-state index contributed by atoms with van der Waals surface area (Å²) in [7, 11) is 1.74. The fraction of sp³-hybridized carbons (Fsp3) is 1.00. The van der Waals surface area contributed by atoms with Crippen molar-refractivity contribution in [1.82, 2.24) is 5.32 Å². The van der Waals surface area contributed by atoms with Gasteiger partial charge in [0.05, 0.1) is 14.0 Å². The van der Waals surface area contributed by atoms with Crippen molar-refractivity contribution in [3.8, 4) is 0 Å². The normalized spacial score (nSPS) is 30.8. The Morgan fingerprint density at radius 2 is 2.17 bits per heavy atom. The van der Waals surface area contributed by atoms with Crippen LogP contribution >= 0.6 is 7.60 Å². The largest absolute Gasteiger partial charge is 0.325 e. The van der Waals surface area contributed by atoms with E-state index in [4.69, 9.17) is 17.6 Å². The molecule has 1 aliphatic rings. The lowest BCUT2D eigenvalue weighted by Gasteiger charge is -2.11. The van der Waals surface area contributed by atoms with Gasteiger partial charge in [0.1, 0.15) is 0 Å². The summed E-state index contributed by atoms with van der Waals surface area (Å²) < 4.78 is 10.5. The third-order valence-electron chi connectivity index (χ3n) is 2.04. The molecule has 68 valence electrons. The van der Waals surface area contributed by atoms with Crippen LogP contribution in [0.25, 0.3) is 0 Å². The van der Waals surface area contributed by atoms with E-state index in [1.165, 1.54) is 0 Å². The quantitative estimate of drug-likeness (QED) is 0.424. The van der Waals surface area contributed by atoms with Gasteiger partial charge in [-0.25, -0.2) is 0 Å². The van der Waals surface area contributed by atoms with E-state index < -0.39 is 7.60 Å². The van der Waals surface area contributed by atoms with E-state index in [0.29, 0.717) is 6.42 Å². The van der Waals surface area contributed by atoms with Crippen molar-refractivity contribution in [2.75, 3.05) is 6.16 Å². The molecule has 12 heavy (non-hydrogen) atoms. The molecule has 2 radical (unpaired) electrons. The zero-order valence-electron chi connectivity index (χ0n) is 6.81. The molecule has 0 spiro atoms. The van der Waals surface area contributed by atoms with Crippen molar-refractivity contribution in [2.45, 2.75) is 31.2 Å². The lowest BCUT2D eigenvalue weighted by molar-refractivity contribution is 0.368. The number of hydrogen-bond donors (Lipinski definition) is 3. The van der Waals surface area contributed by atoms with Crippen LogP contribution in [-0.4, -0.2) is 35.8 Å². The molecule has 2 atom stereocenters. The molecule has 1 heterocycles. The van der Waals surface area contributed by atoms with E-state index in [-0.39, 0.29) is 18.1 Å². The van der Waals surface area contributed by atoms with Crippen LogP contribution in [0, 0.1) is 0 Å². The van der Waals surface area contributed by atoms with Crippen LogP contribution < -0.4 is 5.32 Å². The van der Waals surface area contributed by atoms with Crippen molar-refractivity contribution in [3.63, 3.8) is 0 Å². The highest BCUT2D eigenvalue weighted by molar-refractivity contribution is 7.51. The zero-order valence-corrected chi connectivity index (χ0v) is 7.70. The summed E-state index contributed by atoms with van der Waals surface area (Å²) >= 11 is 0. The predicted molar refractivity (Wildman–Crippen MR) is 47.2 cm³/mol. The highest BCUT2D eigenvalue weighted by Crippen LogP contribution is 2.36.